The van der Waals surface area contributed by atoms with E-state index in [2.05, 4.69) is 9.97 Å². The number of aliphatic carboxylic acids is 1. The molecule has 0 fully saturated rings. The van der Waals surface area contributed by atoms with Crippen molar-refractivity contribution in [1.29, 1.82) is 0 Å². The number of carboxylic acid groups (broad SMARTS) is 1. The molecule has 1 aromatic heterocycles. The van der Waals surface area contributed by atoms with Gasteiger partial charge in [-0.1, -0.05) is 0 Å². The first kappa shape index (κ1) is 16.0. The summed E-state index contributed by atoms with van der Waals surface area (Å²) in [7, 11) is -3.78. The zero-order valence-corrected chi connectivity index (χ0v) is 13.1. The molecule has 0 radical (unpaired) electrons. The Hall–Kier alpha value is -2.91. The van der Waals surface area contributed by atoms with Crippen LogP contribution in [0.4, 0.5) is 0 Å². The van der Waals surface area contributed by atoms with Gasteiger partial charge in [0.1, 0.15) is 11.6 Å². The summed E-state index contributed by atoms with van der Waals surface area (Å²) in [6.45, 7) is -0.416. The number of rotatable bonds is 5. The minimum absolute atomic E-state index is 0.00242. The highest BCUT2D eigenvalue weighted by Crippen LogP contribution is 2.24. The number of hydrogen-bond donors (Lipinski definition) is 3. The summed E-state index contributed by atoms with van der Waals surface area (Å²) in [6.07, 6.45) is 0. The Bertz CT molecular complexity index is 1010. The van der Waals surface area contributed by atoms with Crippen molar-refractivity contribution in [1.82, 2.24) is 9.97 Å². The lowest BCUT2D eigenvalue weighted by molar-refractivity contribution is -0.139. The number of H-pyrrole nitrogens is 1. The smallest absolute Gasteiger partial charge is 0.341 e. The first-order valence-corrected chi connectivity index (χ1v) is 8.35. The first-order valence-electron chi connectivity index (χ1n) is 6.80. The highest BCUT2D eigenvalue weighted by Gasteiger charge is 2.11. The Labute approximate surface area is 136 Å². The predicted molar refractivity (Wildman–Crippen MR) is 86.0 cm³/mol. The van der Waals surface area contributed by atoms with Gasteiger partial charge in [0.05, 0.1) is 15.9 Å². The maximum Gasteiger partial charge on any atom is 0.341 e. The molecule has 24 heavy (non-hydrogen) atoms. The minimum atomic E-state index is -3.78. The second kappa shape index (κ2) is 5.95. The molecule has 1 heterocycles. The van der Waals surface area contributed by atoms with Crippen LogP contribution in [0.25, 0.3) is 22.4 Å². The fourth-order valence-corrected chi connectivity index (χ4v) is 2.70. The summed E-state index contributed by atoms with van der Waals surface area (Å²) in [5, 5.41) is 13.7. The van der Waals surface area contributed by atoms with Crippen molar-refractivity contribution < 1.29 is 23.1 Å². The number of aromatic amines is 1. The number of sulfonamides is 1. The van der Waals surface area contributed by atoms with Crippen LogP contribution in [-0.4, -0.2) is 36.1 Å². The van der Waals surface area contributed by atoms with Crippen LogP contribution in [-0.2, 0) is 14.8 Å². The van der Waals surface area contributed by atoms with Gasteiger partial charge in [-0.2, -0.15) is 0 Å². The molecule has 0 saturated carbocycles. The van der Waals surface area contributed by atoms with Crippen molar-refractivity contribution in [2.45, 2.75) is 4.90 Å². The first-order chi connectivity index (χ1) is 11.3. The number of benzene rings is 2. The number of ether oxygens (including phenoxy) is 1. The highest BCUT2D eigenvalue weighted by atomic mass is 32.2. The molecule has 124 valence electrons. The topological polar surface area (TPSA) is 135 Å². The molecule has 0 atom stereocenters. The van der Waals surface area contributed by atoms with E-state index in [1.165, 1.54) is 12.1 Å². The van der Waals surface area contributed by atoms with Gasteiger partial charge in [-0.25, -0.2) is 23.3 Å². The summed E-state index contributed by atoms with van der Waals surface area (Å²) < 4.78 is 27.8. The quantitative estimate of drug-likeness (QED) is 0.637. The highest BCUT2D eigenvalue weighted by molar-refractivity contribution is 7.89. The Balaban J connectivity index is 1.90. The van der Waals surface area contributed by atoms with Crippen LogP contribution in [0.1, 0.15) is 0 Å². The Kier molecular flexibility index (Phi) is 3.96. The van der Waals surface area contributed by atoms with E-state index >= 15 is 0 Å². The number of carboxylic acids is 1. The van der Waals surface area contributed by atoms with Gasteiger partial charge in [0.25, 0.3) is 0 Å². The number of nitrogens with zero attached hydrogens (tertiary/aromatic N) is 1. The van der Waals surface area contributed by atoms with Crippen LogP contribution >= 0.6 is 0 Å². The molecule has 9 heteroatoms. The van der Waals surface area contributed by atoms with Crippen LogP contribution in [0.3, 0.4) is 0 Å². The number of carbonyl (C=O) groups is 1. The number of fused-ring (bicyclic) bond motifs is 1. The lowest BCUT2D eigenvalue weighted by Gasteiger charge is -2.03. The van der Waals surface area contributed by atoms with Gasteiger partial charge in [-0.3, -0.25) is 0 Å². The lowest BCUT2D eigenvalue weighted by Crippen LogP contribution is -2.11. The summed E-state index contributed by atoms with van der Waals surface area (Å²) >= 11 is 0. The molecule has 8 nitrogen and oxygen atoms in total. The molecule has 0 aliphatic heterocycles. The van der Waals surface area contributed by atoms with Gasteiger partial charge in [0.15, 0.2) is 6.61 Å². The lowest BCUT2D eigenvalue weighted by atomic mass is 10.2. The molecule has 2 aromatic carbocycles. The standard InChI is InChI=1S/C15H13N3O5S/c16-24(21,22)11-5-6-12-13(7-11)18-15(17-12)9-1-3-10(4-2-9)23-8-14(19)20/h1-7H,8H2,(H,17,18)(H,19,20)(H2,16,21,22). The molecule has 3 aromatic rings. The van der Waals surface area contributed by atoms with Crippen molar-refractivity contribution >= 4 is 27.0 Å². The van der Waals surface area contributed by atoms with Crippen LogP contribution in [0.2, 0.25) is 0 Å². The SMILES string of the molecule is NS(=O)(=O)c1ccc2nc(-c3ccc(OCC(=O)O)cc3)[nH]c2c1. The van der Waals surface area contributed by atoms with E-state index < -0.39 is 22.6 Å². The normalized spacial score (nSPS) is 11.5. The Morgan fingerprint density at radius 1 is 1.21 bits per heavy atom. The third-order valence-electron chi connectivity index (χ3n) is 3.27. The summed E-state index contributed by atoms with van der Waals surface area (Å²) in [6, 6.07) is 11.1. The number of nitrogens with one attached hydrogen (secondary N) is 1. The molecule has 0 aliphatic rings. The number of imidazole rings is 1. The Morgan fingerprint density at radius 3 is 2.54 bits per heavy atom. The average molecular weight is 347 g/mol. The number of aromatic nitrogens is 2. The van der Waals surface area contributed by atoms with Crippen molar-refractivity contribution in [3.8, 4) is 17.1 Å². The summed E-state index contributed by atoms with van der Waals surface area (Å²) in [4.78, 5) is 17.9. The van der Waals surface area contributed by atoms with Crippen LogP contribution in [0, 0.1) is 0 Å². The van der Waals surface area contributed by atoms with Crippen molar-refractivity contribution in [3.05, 3.63) is 42.5 Å². The second-order valence-electron chi connectivity index (χ2n) is 5.02. The maximum atomic E-state index is 11.4. The second-order valence-corrected chi connectivity index (χ2v) is 6.58. The molecule has 3 rings (SSSR count). The van der Waals surface area contributed by atoms with Gasteiger partial charge < -0.3 is 14.8 Å². The van der Waals surface area contributed by atoms with E-state index in [1.807, 2.05) is 0 Å². The Morgan fingerprint density at radius 2 is 1.92 bits per heavy atom. The fraction of sp³-hybridized carbons (Fsp3) is 0.0667. The number of primary sulfonamides is 1. The van der Waals surface area contributed by atoms with E-state index in [4.69, 9.17) is 15.0 Å². The molecule has 0 aliphatic carbocycles. The molecule has 4 N–H and O–H groups in total. The largest absolute Gasteiger partial charge is 0.482 e. The monoisotopic (exact) mass is 347 g/mol. The van der Waals surface area contributed by atoms with Crippen LogP contribution < -0.4 is 9.88 Å². The van der Waals surface area contributed by atoms with E-state index in [9.17, 15) is 13.2 Å². The zero-order valence-electron chi connectivity index (χ0n) is 12.3. The van der Waals surface area contributed by atoms with E-state index in [0.29, 0.717) is 22.6 Å². The molecular weight excluding hydrogens is 334 g/mol. The molecular formula is C15H13N3O5S. The van der Waals surface area contributed by atoms with Gasteiger partial charge in [0.2, 0.25) is 10.0 Å². The van der Waals surface area contributed by atoms with Gasteiger partial charge in [-0.15, -0.1) is 0 Å². The average Bonchev–Trinajstić information content (AvgIpc) is 2.95. The summed E-state index contributed by atoms with van der Waals surface area (Å²) in [5.41, 5.74) is 1.89. The van der Waals surface area contributed by atoms with Crippen molar-refractivity contribution in [3.63, 3.8) is 0 Å². The predicted octanol–water partition coefficient (Wildman–Crippen LogP) is 1.34. The van der Waals surface area contributed by atoms with Crippen LogP contribution in [0.5, 0.6) is 5.75 Å². The van der Waals surface area contributed by atoms with Gasteiger partial charge >= 0.3 is 5.97 Å². The van der Waals surface area contributed by atoms with Crippen molar-refractivity contribution in [2.75, 3.05) is 6.61 Å². The molecule has 0 saturated heterocycles. The van der Waals surface area contributed by atoms with Crippen molar-refractivity contribution in [2.24, 2.45) is 5.14 Å². The van der Waals surface area contributed by atoms with Crippen LogP contribution in [0.15, 0.2) is 47.4 Å². The molecule has 0 spiro atoms. The molecule has 0 amide bonds. The van der Waals surface area contributed by atoms with E-state index in [1.54, 1.807) is 30.3 Å². The number of nitrogens with two attached hydrogens (primary N) is 1. The third kappa shape index (κ3) is 3.36. The summed E-state index contributed by atoms with van der Waals surface area (Å²) in [5.74, 6) is -0.0860. The zero-order chi connectivity index (χ0) is 17.3. The van der Waals surface area contributed by atoms with Gasteiger partial charge in [-0.05, 0) is 42.5 Å². The third-order valence-corrected chi connectivity index (χ3v) is 4.18. The molecule has 0 bridgehead atoms. The maximum absolute atomic E-state index is 11.4. The van der Waals surface area contributed by atoms with E-state index in [0.717, 1.165) is 5.56 Å². The molecule has 0 unspecified atom stereocenters. The minimum Gasteiger partial charge on any atom is -0.482 e. The number of hydrogen-bond acceptors (Lipinski definition) is 5. The fourth-order valence-electron chi connectivity index (χ4n) is 2.16. The van der Waals surface area contributed by atoms with Gasteiger partial charge in [0, 0.05) is 5.56 Å². The van der Waals surface area contributed by atoms with E-state index in [-0.39, 0.29) is 4.90 Å².